The number of pyridine rings is 1. The summed E-state index contributed by atoms with van der Waals surface area (Å²) in [5.41, 5.74) is 0.0156. The molecular weight excluding hydrogens is 266 g/mol. The number of nitrogens with zero attached hydrogens (tertiary/aromatic N) is 1. The number of aromatic nitrogens is 1. The van der Waals surface area contributed by atoms with Gasteiger partial charge in [0, 0.05) is 19.0 Å². The Morgan fingerprint density at radius 2 is 2.37 bits per heavy atom. The second-order valence-corrected chi connectivity index (χ2v) is 5.89. The topological polar surface area (TPSA) is 59.4 Å². The van der Waals surface area contributed by atoms with Crippen LogP contribution in [0.5, 0.6) is 0 Å². The second kappa shape index (κ2) is 4.76. The van der Waals surface area contributed by atoms with Gasteiger partial charge in [-0.15, -0.1) is 0 Å². The van der Waals surface area contributed by atoms with Crippen molar-refractivity contribution < 1.29 is 14.6 Å². The molecule has 2 fully saturated rings. The first kappa shape index (κ1) is 12.9. The molecule has 1 saturated heterocycles. The maximum absolute atomic E-state index is 11.8. The van der Waals surface area contributed by atoms with E-state index in [0.29, 0.717) is 30.4 Å². The summed E-state index contributed by atoms with van der Waals surface area (Å²) in [6.07, 6.45) is 6.17. The Morgan fingerprint density at radius 1 is 1.58 bits per heavy atom. The van der Waals surface area contributed by atoms with Gasteiger partial charge >= 0.3 is 5.97 Å². The van der Waals surface area contributed by atoms with Gasteiger partial charge in [-0.2, -0.15) is 0 Å². The van der Waals surface area contributed by atoms with Crippen molar-refractivity contribution in [1.82, 2.24) is 4.98 Å². The van der Waals surface area contributed by atoms with E-state index in [1.165, 1.54) is 0 Å². The van der Waals surface area contributed by atoms with Crippen molar-refractivity contribution in [3.05, 3.63) is 29.0 Å². The van der Waals surface area contributed by atoms with Crippen molar-refractivity contribution in [2.75, 3.05) is 6.61 Å². The summed E-state index contributed by atoms with van der Waals surface area (Å²) in [7, 11) is 0. The van der Waals surface area contributed by atoms with Crippen LogP contribution < -0.4 is 0 Å². The monoisotopic (exact) mass is 281 g/mol. The van der Waals surface area contributed by atoms with Gasteiger partial charge < -0.3 is 9.84 Å². The van der Waals surface area contributed by atoms with Gasteiger partial charge in [-0.05, 0) is 43.2 Å². The quantitative estimate of drug-likeness (QED) is 0.921. The zero-order chi connectivity index (χ0) is 13.5. The molecular formula is C14H16ClNO3. The maximum Gasteiger partial charge on any atom is 0.312 e. The number of hydrogen-bond donors (Lipinski definition) is 1. The number of carboxylic acids is 1. The SMILES string of the molecule is O=C(O)C1(Cc2ccncc2Cl)CCOC1C1CC1. The number of hydrogen-bond acceptors (Lipinski definition) is 3. The van der Waals surface area contributed by atoms with Crippen molar-refractivity contribution in [2.24, 2.45) is 11.3 Å². The minimum Gasteiger partial charge on any atom is -0.481 e. The molecule has 1 saturated carbocycles. The number of halogens is 1. The summed E-state index contributed by atoms with van der Waals surface area (Å²) in [6.45, 7) is 0.524. The highest BCUT2D eigenvalue weighted by atomic mass is 35.5. The highest BCUT2D eigenvalue weighted by molar-refractivity contribution is 6.31. The molecule has 19 heavy (non-hydrogen) atoms. The second-order valence-electron chi connectivity index (χ2n) is 5.48. The number of aliphatic carboxylic acids is 1. The standard InChI is InChI=1S/C14H16ClNO3/c15-11-8-16-5-3-10(11)7-14(13(17)18)4-6-19-12(14)9-1-2-9/h3,5,8-9,12H,1-2,4,6-7H2,(H,17,18). The third-order valence-electron chi connectivity index (χ3n) is 4.23. The van der Waals surface area contributed by atoms with Crippen LogP contribution in [0.4, 0.5) is 0 Å². The van der Waals surface area contributed by atoms with E-state index in [9.17, 15) is 9.90 Å². The van der Waals surface area contributed by atoms with E-state index < -0.39 is 11.4 Å². The summed E-state index contributed by atoms with van der Waals surface area (Å²) >= 11 is 6.12. The molecule has 2 heterocycles. The van der Waals surface area contributed by atoms with Crippen LogP contribution in [0.3, 0.4) is 0 Å². The number of carbonyl (C=O) groups is 1. The molecule has 1 N–H and O–H groups in total. The van der Waals surface area contributed by atoms with Crippen molar-refractivity contribution >= 4 is 17.6 Å². The van der Waals surface area contributed by atoms with Crippen LogP contribution in [0.15, 0.2) is 18.5 Å². The minimum absolute atomic E-state index is 0.172. The Hall–Kier alpha value is -1.13. The minimum atomic E-state index is -0.827. The molecule has 2 atom stereocenters. The van der Waals surface area contributed by atoms with Crippen LogP contribution in [0.25, 0.3) is 0 Å². The van der Waals surface area contributed by atoms with Crippen molar-refractivity contribution in [3.8, 4) is 0 Å². The molecule has 1 aliphatic carbocycles. The largest absolute Gasteiger partial charge is 0.481 e. The number of rotatable bonds is 4. The van der Waals surface area contributed by atoms with Gasteiger partial charge in [0.15, 0.2) is 0 Å². The third-order valence-corrected chi connectivity index (χ3v) is 4.57. The molecule has 2 unspecified atom stereocenters. The third kappa shape index (κ3) is 2.23. The summed E-state index contributed by atoms with van der Waals surface area (Å²) in [4.78, 5) is 15.8. The van der Waals surface area contributed by atoms with Crippen LogP contribution in [0, 0.1) is 11.3 Å². The molecule has 1 aliphatic heterocycles. The van der Waals surface area contributed by atoms with Crippen LogP contribution in [-0.2, 0) is 16.0 Å². The lowest BCUT2D eigenvalue weighted by Gasteiger charge is -2.30. The molecule has 102 valence electrons. The fourth-order valence-corrected chi connectivity index (χ4v) is 3.22. The molecule has 0 amide bonds. The van der Waals surface area contributed by atoms with Crippen molar-refractivity contribution in [1.29, 1.82) is 0 Å². The van der Waals surface area contributed by atoms with Gasteiger partial charge in [0.2, 0.25) is 0 Å². The van der Waals surface area contributed by atoms with Crippen LogP contribution in [0.1, 0.15) is 24.8 Å². The molecule has 1 aromatic heterocycles. The summed E-state index contributed by atoms with van der Waals surface area (Å²) in [6, 6.07) is 1.80. The highest BCUT2D eigenvalue weighted by Gasteiger charge is 2.55. The number of ether oxygens (including phenoxy) is 1. The maximum atomic E-state index is 11.8. The van der Waals surface area contributed by atoms with Crippen LogP contribution >= 0.6 is 11.6 Å². The average molecular weight is 282 g/mol. The Kier molecular flexibility index (Phi) is 3.23. The molecule has 0 bridgehead atoms. The van der Waals surface area contributed by atoms with Crippen molar-refractivity contribution in [2.45, 2.75) is 31.8 Å². The van der Waals surface area contributed by atoms with E-state index in [4.69, 9.17) is 16.3 Å². The predicted octanol–water partition coefficient (Wildman–Crippen LogP) is 2.55. The van der Waals surface area contributed by atoms with Crippen molar-refractivity contribution in [3.63, 3.8) is 0 Å². The molecule has 4 nitrogen and oxygen atoms in total. The Labute approximate surface area is 116 Å². The highest BCUT2D eigenvalue weighted by Crippen LogP contribution is 2.50. The van der Waals surface area contributed by atoms with Gasteiger partial charge in [0.25, 0.3) is 0 Å². The van der Waals surface area contributed by atoms with Gasteiger partial charge in [-0.1, -0.05) is 11.6 Å². The molecule has 0 spiro atoms. The van der Waals surface area contributed by atoms with E-state index in [1.807, 2.05) is 0 Å². The number of carboxylic acid groups (broad SMARTS) is 1. The van der Waals surface area contributed by atoms with E-state index in [2.05, 4.69) is 4.98 Å². The van der Waals surface area contributed by atoms with E-state index in [1.54, 1.807) is 18.5 Å². The fourth-order valence-electron chi connectivity index (χ4n) is 3.04. The van der Waals surface area contributed by atoms with Gasteiger partial charge in [0.1, 0.15) is 5.41 Å². The zero-order valence-electron chi connectivity index (χ0n) is 10.5. The lowest BCUT2D eigenvalue weighted by Crippen LogP contribution is -2.42. The fraction of sp³-hybridized carbons (Fsp3) is 0.571. The summed E-state index contributed by atoms with van der Waals surface area (Å²) < 4.78 is 5.73. The Balaban J connectivity index is 1.92. The van der Waals surface area contributed by atoms with Gasteiger partial charge in [-0.25, -0.2) is 0 Å². The van der Waals surface area contributed by atoms with Gasteiger partial charge in [0.05, 0.1) is 11.1 Å². The first-order chi connectivity index (χ1) is 9.13. The molecule has 3 rings (SSSR count). The average Bonchev–Trinajstić information content (AvgIpc) is 3.13. The lowest BCUT2D eigenvalue weighted by atomic mass is 9.74. The molecule has 0 aromatic carbocycles. The van der Waals surface area contributed by atoms with E-state index in [0.717, 1.165) is 18.4 Å². The normalized spacial score (nSPS) is 30.5. The first-order valence-corrected chi connectivity index (χ1v) is 6.95. The smallest absolute Gasteiger partial charge is 0.312 e. The Bertz CT molecular complexity index is 503. The Morgan fingerprint density at radius 3 is 3.00 bits per heavy atom. The first-order valence-electron chi connectivity index (χ1n) is 6.57. The molecule has 0 radical (unpaired) electrons. The molecule has 2 aliphatic rings. The zero-order valence-corrected chi connectivity index (χ0v) is 11.3. The van der Waals surface area contributed by atoms with Crippen LogP contribution in [0.2, 0.25) is 5.02 Å². The van der Waals surface area contributed by atoms with Crippen LogP contribution in [-0.4, -0.2) is 28.8 Å². The lowest BCUT2D eigenvalue weighted by molar-refractivity contribution is -0.153. The van der Waals surface area contributed by atoms with E-state index >= 15 is 0 Å². The summed E-state index contributed by atoms with van der Waals surface area (Å²) in [5, 5.41) is 10.3. The van der Waals surface area contributed by atoms with E-state index in [-0.39, 0.29) is 6.10 Å². The molecule has 5 heteroatoms. The van der Waals surface area contributed by atoms with Gasteiger partial charge in [-0.3, -0.25) is 9.78 Å². The molecule has 1 aromatic rings. The summed E-state index contributed by atoms with van der Waals surface area (Å²) in [5.74, 6) is -0.367. The predicted molar refractivity (Wildman–Crippen MR) is 70.1 cm³/mol.